The first-order valence-corrected chi connectivity index (χ1v) is 6.30. The second-order valence-electron chi connectivity index (χ2n) is 5.16. The van der Waals surface area contributed by atoms with Gasteiger partial charge < -0.3 is 4.90 Å². The second kappa shape index (κ2) is 4.75. The SMILES string of the molecule is C[C@H]1[C@H](C)[C@](F)(C(F)(F)F)C(=O)N1Cc1ccccc1. The van der Waals surface area contributed by atoms with Gasteiger partial charge in [0.25, 0.3) is 11.6 Å². The number of rotatable bonds is 2. The van der Waals surface area contributed by atoms with Crippen LogP contribution in [0.4, 0.5) is 17.6 Å². The van der Waals surface area contributed by atoms with Crippen LogP contribution in [0.1, 0.15) is 19.4 Å². The number of likely N-dealkylation sites (tertiary alicyclic amines) is 1. The van der Waals surface area contributed by atoms with Crippen LogP contribution in [0.15, 0.2) is 30.3 Å². The number of amides is 1. The van der Waals surface area contributed by atoms with Crippen LogP contribution in [0.5, 0.6) is 0 Å². The van der Waals surface area contributed by atoms with Gasteiger partial charge in [0.2, 0.25) is 0 Å². The number of carbonyl (C=O) groups excluding carboxylic acids is 1. The molecule has 0 radical (unpaired) electrons. The zero-order chi connectivity index (χ0) is 15.1. The van der Waals surface area contributed by atoms with Gasteiger partial charge in [0.15, 0.2) is 0 Å². The van der Waals surface area contributed by atoms with Crippen LogP contribution in [-0.2, 0) is 11.3 Å². The first-order valence-electron chi connectivity index (χ1n) is 6.30. The fourth-order valence-corrected chi connectivity index (χ4v) is 2.57. The first-order chi connectivity index (χ1) is 9.19. The predicted molar refractivity (Wildman–Crippen MR) is 65.5 cm³/mol. The number of benzene rings is 1. The fraction of sp³-hybridized carbons (Fsp3) is 0.500. The molecule has 1 amide bonds. The summed E-state index contributed by atoms with van der Waals surface area (Å²) in [5, 5.41) is 0. The van der Waals surface area contributed by atoms with Crippen LogP contribution in [0.3, 0.4) is 0 Å². The molecule has 1 aliphatic heterocycles. The van der Waals surface area contributed by atoms with E-state index in [1.807, 2.05) is 0 Å². The second-order valence-corrected chi connectivity index (χ2v) is 5.16. The Hall–Kier alpha value is -1.59. The van der Waals surface area contributed by atoms with Gasteiger partial charge in [-0.25, -0.2) is 4.39 Å². The van der Waals surface area contributed by atoms with Crippen LogP contribution in [0.25, 0.3) is 0 Å². The van der Waals surface area contributed by atoms with E-state index in [9.17, 15) is 22.4 Å². The summed E-state index contributed by atoms with van der Waals surface area (Å²) in [6, 6.07) is 7.77. The Morgan fingerprint density at radius 1 is 1.20 bits per heavy atom. The highest BCUT2D eigenvalue weighted by molar-refractivity contribution is 5.89. The minimum Gasteiger partial charge on any atom is -0.332 e. The molecule has 3 atom stereocenters. The molecule has 1 aromatic carbocycles. The molecule has 1 aromatic rings. The zero-order valence-electron chi connectivity index (χ0n) is 11.1. The maximum absolute atomic E-state index is 14.3. The number of nitrogens with zero attached hydrogens (tertiary/aromatic N) is 1. The number of carbonyl (C=O) groups is 1. The summed E-state index contributed by atoms with van der Waals surface area (Å²) >= 11 is 0. The monoisotopic (exact) mass is 289 g/mol. The van der Waals surface area contributed by atoms with Gasteiger partial charge in [-0.05, 0) is 12.5 Å². The highest BCUT2D eigenvalue weighted by Gasteiger charge is 2.71. The summed E-state index contributed by atoms with van der Waals surface area (Å²) in [7, 11) is 0. The van der Waals surface area contributed by atoms with Crippen molar-refractivity contribution in [2.24, 2.45) is 5.92 Å². The lowest BCUT2D eigenvalue weighted by molar-refractivity contribution is -0.234. The van der Waals surface area contributed by atoms with Gasteiger partial charge in [0.05, 0.1) is 0 Å². The molecular weight excluding hydrogens is 274 g/mol. The summed E-state index contributed by atoms with van der Waals surface area (Å²) in [5.41, 5.74) is -3.12. The molecule has 0 unspecified atom stereocenters. The van der Waals surface area contributed by atoms with Gasteiger partial charge in [0.1, 0.15) is 0 Å². The van der Waals surface area contributed by atoms with Crippen molar-refractivity contribution in [3.05, 3.63) is 35.9 Å². The number of halogens is 4. The van der Waals surface area contributed by atoms with Crippen molar-refractivity contribution in [2.45, 2.75) is 38.3 Å². The number of alkyl halides is 4. The molecule has 2 nitrogen and oxygen atoms in total. The van der Waals surface area contributed by atoms with Crippen molar-refractivity contribution in [2.75, 3.05) is 0 Å². The lowest BCUT2D eigenvalue weighted by Crippen LogP contribution is -2.51. The average molecular weight is 289 g/mol. The molecule has 0 saturated carbocycles. The molecule has 0 N–H and O–H groups in total. The predicted octanol–water partition coefficient (Wildman–Crippen LogP) is 3.32. The fourth-order valence-electron chi connectivity index (χ4n) is 2.57. The van der Waals surface area contributed by atoms with Crippen LogP contribution in [-0.4, -0.2) is 28.7 Å². The normalized spacial score (nSPS) is 30.9. The van der Waals surface area contributed by atoms with Crippen LogP contribution in [0, 0.1) is 5.92 Å². The van der Waals surface area contributed by atoms with Gasteiger partial charge in [-0.2, -0.15) is 13.2 Å². The quantitative estimate of drug-likeness (QED) is 0.765. The van der Waals surface area contributed by atoms with Crippen molar-refractivity contribution in [1.82, 2.24) is 4.90 Å². The van der Waals surface area contributed by atoms with Crippen molar-refractivity contribution in [1.29, 1.82) is 0 Å². The Kier molecular flexibility index (Phi) is 3.52. The largest absolute Gasteiger partial charge is 0.432 e. The lowest BCUT2D eigenvalue weighted by atomic mass is 9.89. The Labute approximate surface area is 114 Å². The Bertz CT molecular complexity index is 502. The van der Waals surface area contributed by atoms with Crippen LogP contribution < -0.4 is 0 Å². The third-order valence-corrected chi connectivity index (χ3v) is 4.02. The number of hydrogen-bond acceptors (Lipinski definition) is 1. The van der Waals surface area contributed by atoms with Gasteiger partial charge in [-0.3, -0.25) is 4.79 Å². The molecule has 0 bridgehead atoms. The van der Waals surface area contributed by atoms with Gasteiger partial charge in [0, 0.05) is 18.5 Å². The van der Waals surface area contributed by atoms with Crippen LogP contribution in [0.2, 0.25) is 0 Å². The summed E-state index contributed by atoms with van der Waals surface area (Å²) in [4.78, 5) is 12.9. The van der Waals surface area contributed by atoms with Gasteiger partial charge in [-0.15, -0.1) is 0 Å². The first kappa shape index (κ1) is 14.8. The molecule has 0 aliphatic carbocycles. The minimum absolute atomic E-state index is 0.0209. The van der Waals surface area contributed by atoms with E-state index >= 15 is 0 Å². The molecule has 1 heterocycles. The molecule has 6 heteroatoms. The molecule has 20 heavy (non-hydrogen) atoms. The van der Waals surface area contributed by atoms with Crippen LogP contribution >= 0.6 is 0 Å². The highest BCUT2D eigenvalue weighted by atomic mass is 19.4. The standard InChI is InChI=1S/C14H15F4NO/c1-9-10(2)19(8-11-6-4-3-5-7-11)12(20)13(9,15)14(16,17)18/h3-7,9-10H,8H2,1-2H3/t9-,10-,13+/m0/s1. The van der Waals surface area contributed by atoms with Crippen molar-refractivity contribution < 1.29 is 22.4 Å². The van der Waals surface area contributed by atoms with E-state index < -0.39 is 29.7 Å². The Morgan fingerprint density at radius 3 is 2.20 bits per heavy atom. The molecule has 1 fully saturated rings. The van der Waals surface area contributed by atoms with Crippen molar-refractivity contribution in [3.63, 3.8) is 0 Å². The topological polar surface area (TPSA) is 20.3 Å². The summed E-state index contributed by atoms with van der Waals surface area (Å²) in [6.07, 6.45) is -5.19. The molecular formula is C14H15F4NO. The smallest absolute Gasteiger partial charge is 0.332 e. The zero-order valence-corrected chi connectivity index (χ0v) is 11.1. The summed E-state index contributed by atoms with van der Waals surface area (Å²) < 4.78 is 53.0. The third kappa shape index (κ3) is 2.07. The van der Waals surface area contributed by atoms with E-state index in [-0.39, 0.29) is 6.54 Å². The van der Waals surface area contributed by atoms with Gasteiger partial charge >= 0.3 is 6.18 Å². The molecule has 1 saturated heterocycles. The highest BCUT2D eigenvalue weighted by Crippen LogP contribution is 2.48. The van der Waals surface area contributed by atoms with E-state index in [4.69, 9.17) is 0 Å². The molecule has 1 aliphatic rings. The summed E-state index contributed by atoms with van der Waals surface area (Å²) in [6.45, 7) is 2.55. The van der Waals surface area contributed by atoms with Crippen molar-refractivity contribution in [3.8, 4) is 0 Å². The molecule has 0 aromatic heterocycles. The van der Waals surface area contributed by atoms with E-state index in [0.29, 0.717) is 5.56 Å². The van der Waals surface area contributed by atoms with Crippen molar-refractivity contribution >= 4 is 5.91 Å². The van der Waals surface area contributed by atoms with E-state index in [1.165, 1.54) is 6.92 Å². The average Bonchev–Trinajstić information content (AvgIpc) is 2.55. The van der Waals surface area contributed by atoms with E-state index in [1.54, 1.807) is 30.3 Å². The summed E-state index contributed by atoms with van der Waals surface area (Å²) in [5.74, 6) is -2.92. The molecule has 0 spiro atoms. The maximum atomic E-state index is 14.3. The van der Waals surface area contributed by atoms with E-state index in [0.717, 1.165) is 11.8 Å². The molecule has 110 valence electrons. The maximum Gasteiger partial charge on any atom is 0.432 e. The molecule has 2 rings (SSSR count). The van der Waals surface area contributed by atoms with Gasteiger partial charge in [-0.1, -0.05) is 37.3 Å². The third-order valence-electron chi connectivity index (χ3n) is 4.02. The van der Waals surface area contributed by atoms with E-state index in [2.05, 4.69) is 0 Å². The Balaban J connectivity index is 2.31. The Morgan fingerprint density at radius 2 is 1.75 bits per heavy atom. The lowest BCUT2D eigenvalue weighted by Gasteiger charge is -2.25. The minimum atomic E-state index is -5.19. The number of hydrogen-bond donors (Lipinski definition) is 0.